The first-order valence-electron chi connectivity index (χ1n) is 6.36. The van der Waals surface area contributed by atoms with Crippen molar-refractivity contribution in [3.8, 4) is 0 Å². The van der Waals surface area contributed by atoms with Gasteiger partial charge in [0.2, 0.25) is 0 Å². The Balaban J connectivity index is 2.31. The molecule has 0 amide bonds. The maximum atomic E-state index is 11.1. The molecule has 2 N–H and O–H groups in total. The summed E-state index contributed by atoms with van der Waals surface area (Å²) >= 11 is 3.20. The first kappa shape index (κ1) is 14.8. The fraction of sp³-hybridized carbons (Fsp3) is 0.462. The number of nitrogens with one attached hydrogen (secondary N) is 1. The summed E-state index contributed by atoms with van der Waals surface area (Å²) in [6.07, 6.45) is 3.27. The quantitative estimate of drug-likeness (QED) is 0.630. The lowest BCUT2D eigenvalue weighted by Crippen LogP contribution is -2.37. The number of carboxylic acids is 1. The predicted octanol–water partition coefficient (Wildman–Crippen LogP) is 3.56. The molecule has 2 rings (SSSR count). The fourth-order valence-corrected chi connectivity index (χ4v) is 3.08. The standard InChI is InChI=1S/C13H15BrN2O4/c14-9-3-4-10(11(7-9)16(19)20)15-13(8-12(17)18)5-1-2-6-13/h3-4,7,15H,1-2,5-6,8H2,(H,17,18). The largest absolute Gasteiger partial charge is 0.481 e. The molecule has 0 aromatic heterocycles. The van der Waals surface area contributed by atoms with Crippen molar-refractivity contribution < 1.29 is 14.8 Å². The third-order valence-electron chi connectivity index (χ3n) is 3.61. The molecule has 0 spiro atoms. The van der Waals surface area contributed by atoms with Crippen LogP contribution in [0, 0.1) is 10.1 Å². The van der Waals surface area contributed by atoms with Crippen LogP contribution < -0.4 is 5.32 Å². The smallest absolute Gasteiger partial charge is 0.305 e. The zero-order valence-electron chi connectivity index (χ0n) is 10.8. The monoisotopic (exact) mass is 342 g/mol. The Morgan fingerprint density at radius 3 is 2.65 bits per heavy atom. The van der Waals surface area contributed by atoms with Crippen molar-refractivity contribution in [2.24, 2.45) is 0 Å². The summed E-state index contributed by atoms with van der Waals surface area (Å²) in [5.41, 5.74) is -0.248. The highest BCUT2D eigenvalue weighted by atomic mass is 79.9. The highest BCUT2D eigenvalue weighted by Crippen LogP contribution is 2.39. The van der Waals surface area contributed by atoms with Crippen LogP contribution in [0.5, 0.6) is 0 Å². The Morgan fingerprint density at radius 2 is 2.10 bits per heavy atom. The highest BCUT2D eigenvalue weighted by Gasteiger charge is 2.37. The minimum atomic E-state index is -0.890. The summed E-state index contributed by atoms with van der Waals surface area (Å²) in [6.45, 7) is 0. The molecule has 6 nitrogen and oxygen atoms in total. The van der Waals surface area contributed by atoms with Gasteiger partial charge in [0.25, 0.3) is 5.69 Å². The van der Waals surface area contributed by atoms with Gasteiger partial charge in [-0.2, -0.15) is 0 Å². The lowest BCUT2D eigenvalue weighted by molar-refractivity contribution is -0.384. The summed E-state index contributed by atoms with van der Waals surface area (Å²) in [5.74, 6) is -0.890. The average molecular weight is 343 g/mol. The Kier molecular flexibility index (Phi) is 4.27. The van der Waals surface area contributed by atoms with Crippen molar-refractivity contribution in [2.45, 2.75) is 37.6 Å². The second-order valence-electron chi connectivity index (χ2n) is 5.10. The molecule has 1 aliphatic carbocycles. The van der Waals surface area contributed by atoms with Gasteiger partial charge in [0.15, 0.2) is 0 Å². The molecule has 0 unspecified atom stereocenters. The lowest BCUT2D eigenvalue weighted by atomic mass is 9.92. The van der Waals surface area contributed by atoms with E-state index in [-0.39, 0.29) is 12.1 Å². The van der Waals surface area contributed by atoms with Crippen LogP contribution in [0.2, 0.25) is 0 Å². The highest BCUT2D eigenvalue weighted by molar-refractivity contribution is 9.10. The van der Waals surface area contributed by atoms with Gasteiger partial charge < -0.3 is 10.4 Å². The summed E-state index contributed by atoms with van der Waals surface area (Å²) in [4.78, 5) is 21.7. The van der Waals surface area contributed by atoms with Gasteiger partial charge in [-0.1, -0.05) is 28.8 Å². The maximum Gasteiger partial charge on any atom is 0.305 e. The number of rotatable bonds is 5. The fourth-order valence-electron chi connectivity index (χ4n) is 2.73. The van der Waals surface area contributed by atoms with Crippen molar-refractivity contribution in [3.05, 3.63) is 32.8 Å². The molecule has 108 valence electrons. The van der Waals surface area contributed by atoms with Crippen LogP contribution in [0.15, 0.2) is 22.7 Å². The van der Waals surface area contributed by atoms with Crippen LogP contribution in [0.25, 0.3) is 0 Å². The number of carbonyl (C=O) groups is 1. The normalized spacial score (nSPS) is 16.9. The zero-order chi connectivity index (χ0) is 14.8. The van der Waals surface area contributed by atoms with Crippen LogP contribution in [0.3, 0.4) is 0 Å². The number of benzene rings is 1. The number of hydrogen-bond donors (Lipinski definition) is 2. The van der Waals surface area contributed by atoms with E-state index in [1.165, 1.54) is 6.07 Å². The number of aliphatic carboxylic acids is 1. The number of nitrogens with zero attached hydrogens (tertiary/aromatic N) is 1. The lowest BCUT2D eigenvalue weighted by Gasteiger charge is -2.29. The van der Waals surface area contributed by atoms with Crippen LogP contribution >= 0.6 is 15.9 Å². The molecule has 1 saturated carbocycles. The zero-order valence-corrected chi connectivity index (χ0v) is 12.4. The molecule has 0 saturated heterocycles. The topological polar surface area (TPSA) is 92.5 Å². The van der Waals surface area contributed by atoms with E-state index in [9.17, 15) is 14.9 Å². The molecule has 1 aliphatic rings. The molecule has 7 heteroatoms. The first-order valence-corrected chi connectivity index (χ1v) is 7.15. The van der Waals surface area contributed by atoms with Crippen molar-refractivity contribution in [3.63, 3.8) is 0 Å². The summed E-state index contributed by atoms with van der Waals surface area (Å²) in [5, 5.41) is 23.3. The van der Waals surface area contributed by atoms with E-state index in [0.717, 1.165) is 12.8 Å². The van der Waals surface area contributed by atoms with E-state index in [0.29, 0.717) is 23.0 Å². The van der Waals surface area contributed by atoms with Crippen LogP contribution in [0.1, 0.15) is 32.1 Å². The predicted molar refractivity (Wildman–Crippen MR) is 77.9 cm³/mol. The van der Waals surface area contributed by atoms with Crippen LogP contribution in [-0.2, 0) is 4.79 Å². The number of anilines is 1. The van der Waals surface area contributed by atoms with Crippen molar-refractivity contribution >= 4 is 33.3 Å². The number of hydrogen-bond acceptors (Lipinski definition) is 4. The Morgan fingerprint density at radius 1 is 1.45 bits per heavy atom. The van der Waals surface area contributed by atoms with Gasteiger partial charge in [-0.05, 0) is 25.0 Å². The summed E-state index contributed by atoms with van der Waals surface area (Å²) in [6, 6.07) is 4.74. The molecule has 0 radical (unpaired) electrons. The molecule has 0 atom stereocenters. The minimum absolute atomic E-state index is 0.0276. The molecular weight excluding hydrogens is 328 g/mol. The van der Waals surface area contributed by atoms with E-state index >= 15 is 0 Å². The SMILES string of the molecule is O=C(O)CC1(Nc2ccc(Br)cc2[N+](=O)[O-])CCCC1. The second kappa shape index (κ2) is 5.78. The van der Waals surface area contributed by atoms with Gasteiger partial charge in [-0.3, -0.25) is 14.9 Å². The van der Waals surface area contributed by atoms with Gasteiger partial charge >= 0.3 is 5.97 Å². The summed E-state index contributed by atoms with van der Waals surface area (Å²) < 4.78 is 0.619. The minimum Gasteiger partial charge on any atom is -0.481 e. The van der Waals surface area contributed by atoms with E-state index in [1.807, 2.05) is 0 Å². The molecule has 1 aromatic carbocycles. The van der Waals surface area contributed by atoms with Crippen molar-refractivity contribution in [1.82, 2.24) is 0 Å². The van der Waals surface area contributed by atoms with Crippen LogP contribution in [0.4, 0.5) is 11.4 Å². The maximum absolute atomic E-state index is 11.1. The average Bonchev–Trinajstić information content (AvgIpc) is 2.78. The number of halogens is 1. The Hall–Kier alpha value is -1.63. The van der Waals surface area contributed by atoms with E-state index in [4.69, 9.17) is 5.11 Å². The summed E-state index contributed by atoms with van der Waals surface area (Å²) in [7, 11) is 0. The number of carboxylic acid groups (broad SMARTS) is 1. The van der Waals surface area contributed by atoms with Gasteiger partial charge in [0, 0.05) is 16.1 Å². The van der Waals surface area contributed by atoms with Crippen molar-refractivity contribution in [1.29, 1.82) is 0 Å². The Labute approximate surface area is 124 Å². The van der Waals surface area contributed by atoms with Gasteiger partial charge in [-0.15, -0.1) is 0 Å². The number of nitro groups is 1. The molecule has 20 heavy (non-hydrogen) atoms. The van der Waals surface area contributed by atoms with Gasteiger partial charge in [0.05, 0.1) is 11.3 Å². The third-order valence-corrected chi connectivity index (χ3v) is 4.10. The molecule has 0 aliphatic heterocycles. The first-order chi connectivity index (χ1) is 9.42. The van der Waals surface area contributed by atoms with Crippen LogP contribution in [-0.4, -0.2) is 21.5 Å². The molecule has 1 fully saturated rings. The van der Waals surface area contributed by atoms with E-state index in [2.05, 4.69) is 21.2 Å². The van der Waals surface area contributed by atoms with E-state index in [1.54, 1.807) is 12.1 Å². The molecular formula is C13H15BrN2O4. The Bertz CT molecular complexity index is 541. The van der Waals surface area contributed by atoms with Crippen molar-refractivity contribution in [2.75, 3.05) is 5.32 Å². The third kappa shape index (κ3) is 3.27. The van der Waals surface area contributed by atoms with Gasteiger partial charge in [0.1, 0.15) is 5.69 Å². The molecule has 0 bridgehead atoms. The number of nitro benzene ring substituents is 1. The second-order valence-corrected chi connectivity index (χ2v) is 6.02. The molecule has 0 heterocycles. The molecule has 1 aromatic rings. The van der Waals surface area contributed by atoms with Gasteiger partial charge in [-0.25, -0.2) is 0 Å². The van der Waals surface area contributed by atoms with E-state index < -0.39 is 16.4 Å².